The zero-order chi connectivity index (χ0) is 21.6. The van der Waals surface area contributed by atoms with E-state index in [1.165, 1.54) is 4.88 Å². The molecule has 4 rings (SSSR count). The van der Waals surface area contributed by atoms with Crippen LogP contribution in [0.1, 0.15) is 41.2 Å². The van der Waals surface area contributed by atoms with E-state index in [-0.39, 0.29) is 5.78 Å². The molecule has 0 saturated carbocycles. The average Bonchev–Trinajstić information content (AvgIpc) is 3.10. The number of thiophene rings is 1. The molecule has 7 heteroatoms. The Morgan fingerprint density at radius 1 is 1.30 bits per heavy atom. The SMILES string of the molecule is CSc1sc(C)cc1[C@@H]1C(C#N)=C(N)N(c2cc(C)ccc2Br)C2=C1C(=O)CCC2. The number of nitrogens with two attached hydrogens (primary N) is 1. The number of carbonyl (C=O) groups excluding carboxylic acids is 1. The number of nitrogens with zero attached hydrogens (tertiary/aromatic N) is 2. The third-order valence-corrected chi connectivity index (χ3v) is 8.49. The number of aryl methyl sites for hydroxylation is 2. The highest BCUT2D eigenvalue weighted by Crippen LogP contribution is 2.50. The topological polar surface area (TPSA) is 70.1 Å². The van der Waals surface area contributed by atoms with Gasteiger partial charge in [-0.05, 0) is 78.2 Å². The van der Waals surface area contributed by atoms with Gasteiger partial charge in [0.1, 0.15) is 5.82 Å². The van der Waals surface area contributed by atoms with E-state index in [9.17, 15) is 10.1 Å². The Balaban J connectivity index is 2.02. The number of carbonyl (C=O) groups is 1. The van der Waals surface area contributed by atoms with Crippen LogP contribution in [0.3, 0.4) is 0 Å². The molecule has 0 radical (unpaired) electrons. The molecule has 1 atom stereocenters. The summed E-state index contributed by atoms with van der Waals surface area (Å²) in [6, 6.07) is 10.5. The van der Waals surface area contributed by atoms with E-state index in [0.29, 0.717) is 17.8 Å². The summed E-state index contributed by atoms with van der Waals surface area (Å²) in [6.07, 6.45) is 4.09. The van der Waals surface area contributed by atoms with Crippen LogP contribution in [0.4, 0.5) is 5.69 Å². The molecule has 2 aromatic rings. The van der Waals surface area contributed by atoms with Crippen LogP contribution in [0.15, 0.2) is 55.6 Å². The Labute approximate surface area is 193 Å². The van der Waals surface area contributed by atoms with Crippen molar-refractivity contribution in [2.24, 2.45) is 5.73 Å². The number of Topliss-reactive ketones (excluding diaryl/α,β-unsaturated/α-hetero) is 1. The second-order valence-corrected chi connectivity index (χ2v) is 10.8. The van der Waals surface area contributed by atoms with Gasteiger partial charge in [0.05, 0.1) is 27.5 Å². The third-order valence-electron chi connectivity index (χ3n) is 5.60. The summed E-state index contributed by atoms with van der Waals surface area (Å²) >= 11 is 7.00. The number of rotatable bonds is 3. The average molecular weight is 500 g/mol. The van der Waals surface area contributed by atoms with E-state index in [1.807, 2.05) is 36.3 Å². The van der Waals surface area contributed by atoms with Crippen LogP contribution in [-0.2, 0) is 4.79 Å². The van der Waals surface area contributed by atoms with Gasteiger partial charge in [-0.15, -0.1) is 23.1 Å². The number of hydrogen-bond acceptors (Lipinski definition) is 6. The zero-order valence-electron chi connectivity index (χ0n) is 17.1. The molecule has 0 saturated heterocycles. The lowest BCUT2D eigenvalue weighted by atomic mass is 9.76. The molecule has 0 unspecified atom stereocenters. The fourth-order valence-electron chi connectivity index (χ4n) is 4.34. The first-order valence-corrected chi connectivity index (χ1v) is 12.6. The third kappa shape index (κ3) is 3.41. The first kappa shape index (κ1) is 21.2. The molecule has 1 aliphatic heterocycles. The van der Waals surface area contributed by atoms with Gasteiger partial charge < -0.3 is 5.73 Å². The minimum atomic E-state index is -0.398. The molecule has 2 heterocycles. The van der Waals surface area contributed by atoms with Crippen molar-refractivity contribution in [1.82, 2.24) is 0 Å². The summed E-state index contributed by atoms with van der Waals surface area (Å²) < 4.78 is 2.02. The summed E-state index contributed by atoms with van der Waals surface area (Å²) in [6.45, 7) is 4.08. The Morgan fingerprint density at radius 2 is 2.07 bits per heavy atom. The molecule has 154 valence electrons. The summed E-state index contributed by atoms with van der Waals surface area (Å²) in [4.78, 5) is 16.3. The summed E-state index contributed by atoms with van der Waals surface area (Å²) in [5.41, 5.74) is 11.8. The van der Waals surface area contributed by atoms with E-state index in [0.717, 1.165) is 49.6 Å². The molecule has 0 spiro atoms. The Bertz CT molecular complexity index is 1160. The molecule has 0 amide bonds. The standard InChI is InChI=1S/C23H22BrN3OS2/c1-12-7-8-16(24)18(9-12)27-17-5-4-6-19(28)21(17)20(15(11-25)22(27)26)14-10-13(2)30-23(14)29-3/h7-10,20H,4-6,26H2,1-3H3/t20-/m1/s1. The largest absolute Gasteiger partial charge is 0.384 e. The molecular weight excluding hydrogens is 478 g/mol. The Kier molecular flexibility index (Phi) is 5.84. The number of ketones is 1. The maximum Gasteiger partial charge on any atom is 0.161 e. The van der Waals surface area contributed by atoms with Crippen molar-refractivity contribution in [3.63, 3.8) is 0 Å². The monoisotopic (exact) mass is 499 g/mol. The van der Waals surface area contributed by atoms with Crippen molar-refractivity contribution in [2.75, 3.05) is 11.2 Å². The molecule has 1 aromatic carbocycles. The molecule has 2 aliphatic rings. The molecule has 1 aliphatic carbocycles. The number of thioether (sulfide) groups is 1. The predicted molar refractivity (Wildman–Crippen MR) is 128 cm³/mol. The molecule has 0 bridgehead atoms. The van der Waals surface area contributed by atoms with E-state index in [4.69, 9.17) is 5.73 Å². The number of anilines is 1. The van der Waals surface area contributed by atoms with Gasteiger partial charge in [-0.3, -0.25) is 9.69 Å². The predicted octanol–water partition coefficient (Wildman–Crippen LogP) is 6.15. The highest BCUT2D eigenvalue weighted by Gasteiger charge is 2.41. The van der Waals surface area contributed by atoms with E-state index >= 15 is 0 Å². The number of benzene rings is 1. The number of halogens is 1. The molecular formula is C23H22BrN3OS2. The van der Waals surface area contributed by atoms with Crippen LogP contribution in [0, 0.1) is 25.2 Å². The second-order valence-electron chi connectivity index (χ2n) is 7.58. The van der Waals surface area contributed by atoms with Crippen molar-refractivity contribution < 1.29 is 4.79 Å². The molecule has 4 nitrogen and oxygen atoms in total. The number of hydrogen-bond donors (Lipinski definition) is 1. The van der Waals surface area contributed by atoms with Crippen molar-refractivity contribution in [3.05, 3.63) is 67.4 Å². The van der Waals surface area contributed by atoms with Crippen molar-refractivity contribution in [2.45, 2.75) is 43.2 Å². The maximum absolute atomic E-state index is 13.2. The van der Waals surface area contributed by atoms with Crippen LogP contribution in [0.5, 0.6) is 0 Å². The molecule has 0 fully saturated rings. The van der Waals surface area contributed by atoms with E-state index in [2.05, 4.69) is 35.0 Å². The lowest BCUT2D eigenvalue weighted by molar-refractivity contribution is -0.116. The van der Waals surface area contributed by atoms with Gasteiger partial charge >= 0.3 is 0 Å². The smallest absolute Gasteiger partial charge is 0.161 e. The molecule has 30 heavy (non-hydrogen) atoms. The minimum Gasteiger partial charge on any atom is -0.384 e. The van der Waals surface area contributed by atoms with Crippen molar-refractivity contribution in [3.8, 4) is 6.07 Å². The Morgan fingerprint density at radius 3 is 2.77 bits per heavy atom. The van der Waals surface area contributed by atoms with Gasteiger partial charge in [-0.25, -0.2) is 0 Å². The summed E-state index contributed by atoms with van der Waals surface area (Å²) in [5.74, 6) is 0.134. The van der Waals surface area contributed by atoms with Gasteiger partial charge in [-0.2, -0.15) is 5.26 Å². The van der Waals surface area contributed by atoms with Crippen molar-refractivity contribution >= 4 is 50.5 Å². The number of nitriles is 1. The van der Waals surface area contributed by atoms with Crippen LogP contribution >= 0.6 is 39.0 Å². The van der Waals surface area contributed by atoms with E-state index in [1.54, 1.807) is 23.1 Å². The van der Waals surface area contributed by atoms with Crippen LogP contribution in [0.2, 0.25) is 0 Å². The van der Waals surface area contributed by atoms with Crippen molar-refractivity contribution in [1.29, 1.82) is 5.26 Å². The quantitative estimate of drug-likeness (QED) is 0.512. The Hall–Kier alpha value is -2.01. The maximum atomic E-state index is 13.2. The van der Waals surface area contributed by atoms with Crippen LogP contribution < -0.4 is 10.6 Å². The van der Waals surface area contributed by atoms with Crippen LogP contribution in [-0.4, -0.2) is 12.0 Å². The van der Waals surface area contributed by atoms with Gasteiger partial charge in [0.15, 0.2) is 5.78 Å². The first-order valence-electron chi connectivity index (χ1n) is 9.74. The molecule has 1 aromatic heterocycles. The van der Waals surface area contributed by atoms with Crippen LogP contribution in [0.25, 0.3) is 0 Å². The second kappa shape index (κ2) is 8.26. The van der Waals surface area contributed by atoms with Gasteiger partial charge in [0, 0.05) is 27.0 Å². The minimum absolute atomic E-state index is 0.117. The fraction of sp³-hybridized carbons (Fsp3) is 0.304. The first-order chi connectivity index (χ1) is 14.4. The summed E-state index contributed by atoms with van der Waals surface area (Å²) in [7, 11) is 0. The fourth-order valence-corrected chi connectivity index (χ4v) is 6.68. The van der Waals surface area contributed by atoms with Gasteiger partial charge in [-0.1, -0.05) is 6.07 Å². The van der Waals surface area contributed by atoms with Gasteiger partial charge in [0.25, 0.3) is 0 Å². The number of allylic oxidation sites excluding steroid dienone is 3. The lowest BCUT2D eigenvalue weighted by Gasteiger charge is -2.40. The zero-order valence-corrected chi connectivity index (χ0v) is 20.3. The van der Waals surface area contributed by atoms with E-state index < -0.39 is 5.92 Å². The van der Waals surface area contributed by atoms with Gasteiger partial charge in [0.2, 0.25) is 0 Å². The molecule has 2 N–H and O–H groups in total. The normalized spacial score (nSPS) is 19.2. The lowest BCUT2D eigenvalue weighted by Crippen LogP contribution is -2.39. The summed E-state index contributed by atoms with van der Waals surface area (Å²) in [5, 5.41) is 10.2. The highest BCUT2D eigenvalue weighted by atomic mass is 79.9. The highest BCUT2D eigenvalue weighted by molar-refractivity contribution is 9.10.